The number of nitrogens with two attached hydrogens (primary N) is 1. The molecule has 0 amide bonds. The lowest BCUT2D eigenvalue weighted by atomic mass is 10.5. The quantitative estimate of drug-likeness (QED) is 0.365. The largest absolute Gasteiger partial charge is 0.481 e. The molecule has 0 aromatic carbocycles. The number of aliphatic imine (C=N–C) groups is 1. The standard InChI is InChI=1S/C7H14N2O2S/c1-6(8)9-3-5-12-4-2-7(10)11/h2-5H2,1H3,(H2,8,9)(H,10,11). The first kappa shape index (κ1) is 11.3. The van der Waals surface area contributed by atoms with E-state index in [1.807, 2.05) is 0 Å². The molecule has 0 heterocycles. The molecule has 0 bridgehead atoms. The SMILES string of the molecule is CC(N)=NCCSCCC(=O)O. The van der Waals surface area contributed by atoms with E-state index in [4.69, 9.17) is 10.8 Å². The van der Waals surface area contributed by atoms with Gasteiger partial charge >= 0.3 is 5.97 Å². The summed E-state index contributed by atoms with van der Waals surface area (Å²) in [5.74, 6) is 1.31. The topological polar surface area (TPSA) is 75.7 Å². The maximum atomic E-state index is 10.1. The molecule has 0 aliphatic heterocycles. The van der Waals surface area contributed by atoms with Gasteiger partial charge in [-0.15, -0.1) is 0 Å². The van der Waals surface area contributed by atoms with E-state index in [1.165, 1.54) is 0 Å². The molecular formula is C7H14N2O2S. The van der Waals surface area contributed by atoms with Crippen molar-refractivity contribution in [2.24, 2.45) is 10.7 Å². The molecule has 0 aromatic rings. The van der Waals surface area contributed by atoms with Crippen LogP contribution in [-0.2, 0) is 4.79 Å². The van der Waals surface area contributed by atoms with Crippen molar-refractivity contribution in [2.75, 3.05) is 18.1 Å². The molecule has 0 radical (unpaired) electrons. The van der Waals surface area contributed by atoms with E-state index in [1.54, 1.807) is 18.7 Å². The molecule has 0 unspecified atom stereocenters. The fourth-order valence-electron chi connectivity index (χ4n) is 0.548. The van der Waals surface area contributed by atoms with Crippen LogP contribution >= 0.6 is 11.8 Å². The molecule has 0 aliphatic carbocycles. The molecule has 0 atom stereocenters. The van der Waals surface area contributed by atoms with Gasteiger partial charge in [0, 0.05) is 18.1 Å². The molecule has 0 spiro atoms. The lowest BCUT2D eigenvalue weighted by molar-refractivity contribution is -0.136. The van der Waals surface area contributed by atoms with Gasteiger partial charge in [-0.3, -0.25) is 9.79 Å². The Morgan fingerprint density at radius 1 is 1.58 bits per heavy atom. The molecule has 0 saturated heterocycles. The van der Waals surface area contributed by atoms with Crippen molar-refractivity contribution in [1.82, 2.24) is 0 Å². The van der Waals surface area contributed by atoms with Crippen LogP contribution in [0.25, 0.3) is 0 Å². The van der Waals surface area contributed by atoms with E-state index in [-0.39, 0.29) is 6.42 Å². The summed E-state index contributed by atoms with van der Waals surface area (Å²) < 4.78 is 0. The third-order valence-electron chi connectivity index (χ3n) is 1.06. The fraction of sp³-hybridized carbons (Fsp3) is 0.714. The molecule has 0 aromatic heterocycles. The summed E-state index contributed by atoms with van der Waals surface area (Å²) in [4.78, 5) is 14.0. The summed E-state index contributed by atoms with van der Waals surface area (Å²) in [6, 6.07) is 0. The monoisotopic (exact) mass is 190 g/mol. The van der Waals surface area contributed by atoms with Crippen LogP contribution in [0.15, 0.2) is 4.99 Å². The number of carboxylic acid groups (broad SMARTS) is 1. The molecule has 70 valence electrons. The highest BCUT2D eigenvalue weighted by molar-refractivity contribution is 7.99. The first-order valence-electron chi connectivity index (χ1n) is 3.69. The number of rotatable bonds is 6. The number of aliphatic carboxylic acids is 1. The highest BCUT2D eigenvalue weighted by Gasteiger charge is 1.95. The molecule has 3 N–H and O–H groups in total. The predicted octanol–water partition coefficient (Wildman–Crippen LogP) is 0.571. The first-order valence-corrected chi connectivity index (χ1v) is 4.84. The van der Waals surface area contributed by atoms with Gasteiger partial charge in [-0.25, -0.2) is 0 Å². The van der Waals surface area contributed by atoms with Gasteiger partial charge in [0.25, 0.3) is 0 Å². The molecule has 5 heteroatoms. The number of hydrogen-bond donors (Lipinski definition) is 2. The van der Waals surface area contributed by atoms with Crippen LogP contribution in [0.2, 0.25) is 0 Å². The van der Waals surface area contributed by atoms with Gasteiger partial charge in [0.1, 0.15) is 0 Å². The van der Waals surface area contributed by atoms with Crippen LogP contribution in [0.3, 0.4) is 0 Å². The molecule has 0 rings (SSSR count). The van der Waals surface area contributed by atoms with E-state index in [9.17, 15) is 4.79 Å². The Kier molecular flexibility index (Phi) is 6.55. The van der Waals surface area contributed by atoms with Crippen LogP contribution in [-0.4, -0.2) is 35.0 Å². The molecular weight excluding hydrogens is 176 g/mol. The van der Waals surface area contributed by atoms with Crippen LogP contribution in [0, 0.1) is 0 Å². The van der Waals surface area contributed by atoms with Crippen LogP contribution < -0.4 is 5.73 Å². The average molecular weight is 190 g/mol. The summed E-state index contributed by atoms with van der Waals surface area (Å²) in [5.41, 5.74) is 5.30. The molecule has 4 nitrogen and oxygen atoms in total. The zero-order valence-electron chi connectivity index (χ0n) is 7.12. The second-order valence-corrected chi connectivity index (χ2v) is 3.50. The van der Waals surface area contributed by atoms with Gasteiger partial charge < -0.3 is 10.8 Å². The van der Waals surface area contributed by atoms with Crippen molar-refractivity contribution in [3.05, 3.63) is 0 Å². The Hall–Kier alpha value is -0.710. The minimum absolute atomic E-state index is 0.218. The van der Waals surface area contributed by atoms with E-state index < -0.39 is 5.97 Å². The van der Waals surface area contributed by atoms with Crippen molar-refractivity contribution >= 4 is 23.6 Å². The predicted molar refractivity (Wildman–Crippen MR) is 51.7 cm³/mol. The number of hydrogen-bond acceptors (Lipinski definition) is 3. The maximum absolute atomic E-state index is 10.1. The summed E-state index contributed by atoms with van der Waals surface area (Å²) in [6.45, 7) is 2.41. The van der Waals surface area contributed by atoms with E-state index in [0.29, 0.717) is 18.1 Å². The number of carbonyl (C=O) groups is 1. The lowest BCUT2D eigenvalue weighted by Gasteiger charge is -1.96. The third kappa shape index (κ3) is 9.29. The minimum Gasteiger partial charge on any atom is -0.481 e. The fourth-order valence-corrected chi connectivity index (χ4v) is 1.29. The van der Waals surface area contributed by atoms with Gasteiger partial charge in [-0.05, 0) is 6.92 Å². The van der Waals surface area contributed by atoms with Crippen molar-refractivity contribution in [1.29, 1.82) is 0 Å². The van der Waals surface area contributed by atoms with Crippen molar-refractivity contribution < 1.29 is 9.90 Å². The van der Waals surface area contributed by atoms with Gasteiger partial charge in [-0.2, -0.15) is 11.8 Å². The Labute approximate surface area is 76.2 Å². The van der Waals surface area contributed by atoms with E-state index in [0.717, 1.165) is 5.75 Å². The smallest absolute Gasteiger partial charge is 0.304 e. The molecule has 0 saturated carbocycles. The summed E-state index contributed by atoms with van der Waals surface area (Å²) in [6.07, 6.45) is 0.218. The Morgan fingerprint density at radius 3 is 2.75 bits per heavy atom. The zero-order chi connectivity index (χ0) is 9.40. The van der Waals surface area contributed by atoms with E-state index >= 15 is 0 Å². The van der Waals surface area contributed by atoms with Crippen LogP contribution in [0.5, 0.6) is 0 Å². The number of carboxylic acids is 1. The van der Waals surface area contributed by atoms with Gasteiger partial charge in [-0.1, -0.05) is 0 Å². The Bertz CT molecular complexity index is 167. The average Bonchev–Trinajstić information content (AvgIpc) is 1.95. The second kappa shape index (κ2) is 6.97. The molecule has 0 aliphatic rings. The van der Waals surface area contributed by atoms with Crippen molar-refractivity contribution in [2.45, 2.75) is 13.3 Å². The third-order valence-corrected chi connectivity index (χ3v) is 2.02. The van der Waals surface area contributed by atoms with Gasteiger partial charge in [0.2, 0.25) is 0 Å². The molecule has 0 fully saturated rings. The van der Waals surface area contributed by atoms with Crippen molar-refractivity contribution in [3.8, 4) is 0 Å². The lowest BCUT2D eigenvalue weighted by Crippen LogP contribution is -2.06. The van der Waals surface area contributed by atoms with Gasteiger partial charge in [0.05, 0.1) is 12.3 Å². The Balaban J connectivity index is 3.11. The maximum Gasteiger partial charge on any atom is 0.304 e. The highest BCUT2D eigenvalue weighted by atomic mass is 32.2. The minimum atomic E-state index is -0.749. The zero-order valence-corrected chi connectivity index (χ0v) is 7.93. The van der Waals surface area contributed by atoms with Crippen LogP contribution in [0.4, 0.5) is 0 Å². The number of amidine groups is 1. The van der Waals surface area contributed by atoms with Crippen LogP contribution in [0.1, 0.15) is 13.3 Å². The summed E-state index contributed by atoms with van der Waals surface area (Å²) in [5, 5.41) is 8.30. The first-order chi connectivity index (χ1) is 5.63. The normalized spacial score (nSPS) is 11.6. The second-order valence-electron chi connectivity index (χ2n) is 2.28. The van der Waals surface area contributed by atoms with E-state index in [2.05, 4.69) is 4.99 Å². The summed E-state index contributed by atoms with van der Waals surface area (Å²) >= 11 is 1.58. The Morgan fingerprint density at radius 2 is 2.25 bits per heavy atom. The van der Waals surface area contributed by atoms with Gasteiger partial charge in [0.15, 0.2) is 0 Å². The summed E-state index contributed by atoms with van der Waals surface area (Å²) in [7, 11) is 0. The van der Waals surface area contributed by atoms with Crippen molar-refractivity contribution in [3.63, 3.8) is 0 Å². The highest BCUT2D eigenvalue weighted by Crippen LogP contribution is 2.01. The number of nitrogens with zero attached hydrogens (tertiary/aromatic N) is 1. The molecule has 12 heavy (non-hydrogen) atoms. The number of thioether (sulfide) groups is 1.